The Labute approximate surface area is 266 Å². The van der Waals surface area contributed by atoms with Crippen LogP contribution in [0.15, 0.2) is 30.5 Å². The number of carbonyl (C=O) groups is 1. The number of aryl methyl sites for hydroxylation is 1. The van der Waals surface area contributed by atoms with Crippen molar-refractivity contribution in [2.24, 2.45) is 5.41 Å². The molecule has 0 bridgehead atoms. The number of amides is 1. The summed E-state index contributed by atoms with van der Waals surface area (Å²) in [4.78, 5) is 31.0. The van der Waals surface area contributed by atoms with Crippen molar-refractivity contribution in [1.82, 2.24) is 25.2 Å². The van der Waals surface area contributed by atoms with Crippen molar-refractivity contribution in [3.63, 3.8) is 0 Å². The van der Waals surface area contributed by atoms with Crippen LogP contribution in [0.2, 0.25) is 0 Å². The molecule has 11 heteroatoms. The summed E-state index contributed by atoms with van der Waals surface area (Å²) in [6, 6.07) is 6.04. The maximum Gasteiger partial charge on any atom is 0.319 e. The van der Waals surface area contributed by atoms with Gasteiger partial charge in [-0.25, -0.2) is 8.78 Å². The zero-order chi connectivity index (χ0) is 31.6. The van der Waals surface area contributed by atoms with E-state index in [4.69, 9.17) is 9.72 Å². The van der Waals surface area contributed by atoms with Gasteiger partial charge in [0, 0.05) is 43.2 Å². The molecule has 0 saturated carbocycles. The highest BCUT2D eigenvalue weighted by Gasteiger charge is 2.45. The number of nitrogens with zero attached hydrogens (tertiary/aromatic N) is 5. The third-order valence-corrected chi connectivity index (χ3v) is 10.8. The van der Waals surface area contributed by atoms with Crippen LogP contribution in [0, 0.1) is 17.0 Å². The number of aromatic hydroxyl groups is 1. The zero-order valence-corrected chi connectivity index (χ0v) is 26.0. The van der Waals surface area contributed by atoms with Gasteiger partial charge in [-0.15, -0.1) is 0 Å². The van der Waals surface area contributed by atoms with Crippen molar-refractivity contribution in [3.8, 4) is 23.0 Å². The highest BCUT2D eigenvalue weighted by atomic mass is 19.1. The topological polar surface area (TPSA) is 104 Å². The number of carbonyl (C=O) groups excluding carboxylic acids is 1. The normalized spacial score (nSPS) is 22.7. The molecular weight excluding hydrogens is 590 g/mol. The van der Waals surface area contributed by atoms with Crippen LogP contribution in [0.3, 0.4) is 0 Å². The van der Waals surface area contributed by atoms with Crippen molar-refractivity contribution >= 4 is 33.4 Å². The van der Waals surface area contributed by atoms with E-state index in [2.05, 4.69) is 25.1 Å². The number of phenolic OH excluding ortho intramolecular Hbond substituents is 1. The van der Waals surface area contributed by atoms with E-state index in [1.54, 1.807) is 18.3 Å². The van der Waals surface area contributed by atoms with Crippen LogP contribution in [-0.4, -0.2) is 75.7 Å². The summed E-state index contributed by atoms with van der Waals surface area (Å²) >= 11 is 0. The molecule has 9 nitrogen and oxygen atoms in total. The molecule has 2 aromatic carbocycles. The van der Waals surface area contributed by atoms with E-state index in [1.165, 1.54) is 12.1 Å². The first-order chi connectivity index (χ1) is 22.3. The number of ether oxygens (including phenoxy) is 1. The third kappa shape index (κ3) is 4.73. The number of benzene rings is 2. The minimum absolute atomic E-state index is 0.0265. The van der Waals surface area contributed by atoms with Crippen molar-refractivity contribution < 1.29 is 23.4 Å². The second-order valence-corrected chi connectivity index (χ2v) is 13.7. The Balaban J connectivity index is 1.27. The van der Waals surface area contributed by atoms with Gasteiger partial charge in [-0.1, -0.05) is 13.0 Å². The first-order valence-corrected chi connectivity index (χ1v) is 16.5. The summed E-state index contributed by atoms with van der Waals surface area (Å²) in [6.45, 7) is 6.26. The molecule has 2 N–H and O–H groups in total. The van der Waals surface area contributed by atoms with Crippen LogP contribution in [0.25, 0.3) is 32.9 Å². The lowest BCUT2D eigenvalue weighted by Gasteiger charge is -2.40. The monoisotopic (exact) mass is 628 g/mol. The number of anilines is 1. The quantitative estimate of drug-likeness (QED) is 0.289. The van der Waals surface area contributed by atoms with E-state index >= 15 is 4.39 Å². The van der Waals surface area contributed by atoms with Gasteiger partial charge in [0.25, 0.3) is 0 Å². The Kier molecular flexibility index (Phi) is 7.00. The molecule has 4 aliphatic rings. The van der Waals surface area contributed by atoms with Crippen LogP contribution in [0.4, 0.5) is 14.6 Å². The molecule has 46 heavy (non-hydrogen) atoms. The largest absolute Gasteiger partial charge is 0.508 e. The second-order valence-electron chi connectivity index (χ2n) is 13.7. The molecule has 1 atom stereocenters. The van der Waals surface area contributed by atoms with E-state index in [0.717, 1.165) is 51.6 Å². The lowest BCUT2D eigenvalue weighted by Crippen LogP contribution is -2.45. The predicted molar refractivity (Wildman–Crippen MR) is 171 cm³/mol. The van der Waals surface area contributed by atoms with E-state index in [1.807, 2.05) is 6.92 Å². The second kappa shape index (κ2) is 11.0. The van der Waals surface area contributed by atoms with Crippen molar-refractivity contribution in [1.29, 1.82) is 0 Å². The number of pyridine rings is 1. The molecular formula is C35H38F2N6O3. The number of fused-ring (bicyclic) bond motifs is 3. The number of nitrogens with one attached hydrogen (secondary N) is 1. The molecule has 2 aromatic heterocycles. The lowest BCUT2D eigenvalue weighted by molar-refractivity contribution is -0.119. The first kappa shape index (κ1) is 29.3. The molecule has 1 spiro atoms. The summed E-state index contributed by atoms with van der Waals surface area (Å²) in [5.41, 5.74) is 0.494. The Morgan fingerprint density at radius 3 is 2.63 bits per heavy atom. The van der Waals surface area contributed by atoms with Crippen LogP contribution in [0.1, 0.15) is 57.4 Å². The first-order valence-electron chi connectivity index (χ1n) is 16.5. The SMILES string of the molecule is CCc1c(F)ccc2cc(O)cc(-c3ncc4c(N5CCCC6(CNC(=O)C6)C5)nc(OCC56CCCN5CCC6)nc4c3F)c12. The molecule has 4 saturated heterocycles. The summed E-state index contributed by atoms with van der Waals surface area (Å²) < 4.78 is 38.3. The Hall–Kier alpha value is -4.12. The van der Waals surface area contributed by atoms with Gasteiger partial charge in [-0.05, 0) is 92.6 Å². The number of phenols is 1. The molecule has 240 valence electrons. The van der Waals surface area contributed by atoms with E-state index in [-0.39, 0.29) is 39.8 Å². The van der Waals surface area contributed by atoms with Gasteiger partial charge in [-0.3, -0.25) is 14.7 Å². The molecule has 0 radical (unpaired) electrons. The van der Waals surface area contributed by atoms with E-state index in [0.29, 0.717) is 72.2 Å². The summed E-state index contributed by atoms with van der Waals surface area (Å²) in [6.07, 6.45) is 8.53. The summed E-state index contributed by atoms with van der Waals surface area (Å²) in [5, 5.41) is 15.1. The molecule has 4 aliphatic heterocycles. The molecule has 6 heterocycles. The highest BCUT2D eigenvalue weighted by Crippen LogP contribution is 2.43. The fourth-order valence-electron chi connectivity index (χ4n) is 8.64. The summed E-state index contributed by atoms with van der Waals surface area (Å²) in [5.74, 6) is -0.566. The lowest BCUT2D eigenvalue weighted by atomic mass is 9.79. The number of piperidine rings is 1. The average molecular weight is 629 g/mol. The molecule has 8 rings (SSSR count). The zero-order valence-electron chi connectivity index (χ0n) is 26.0. The fourth-order valence-corrected chi connectivity index (χ4v) is 8.64. The maximum absolute atomic E-state index is 16.9. The van der Waals surface area contributed by atoms with Gasteiger partial charge in [0.2, 0.25) is 5.91 Å². The molecule has 0 aliphatic carbocycles. The Morgan fingerprint density at radius 1 is 1.07 bits per heavy atom. The van der Waals surface area contributed by atoms with Gasteiger partial charge in [0.1, 0.15) is 35.2 Å². The Bertz CT molecular complexity index is 1880. The average Bonchev–Trinajstić information content (AvgIpc) is 3.74. The van der Waals surface area contributed by atoms with E-state index in [9.17, 15) is 14.3 Å². The molecule has 1 amide bonds. The predicted octanol–water partition coefficient (Wildman–Crippen LogP) is 5.50. The van der Waals surface area contributed by atoms with Gasteiger partial charge in [0.05, 0.1) is 10.9 Å². The number of rotatable bonds is 6. The third-order valence-electron chi connectivity index (χ3n) is 10.8. The van der Waals surface area contributed by atoms with Crippen LogP contribution < -0.4 is 15.0 Å². The highest BCUT2D eigenvalue weighted by molar-refractivity contribution is 6.01. The number of hydrogen-bond donors (Lipinski definition) is 2. The Morgan fingerprint density at radius 2 is 1.87 bits per heavy atom. The summed E-state index contributed by atoms with van der Waals surface area (Å²) in [7, 11) is 0. The van der Waals surface area contributed by atoms with Crippen LogP contribution >= 0.6 is 0 Å². The van der Waals surface area contributed by atoms with E-state index < -0.39 is 11.6 Å². The van der Waals surface area contributed by atoms with Crippen molar-refractivity contribution in [3.05, 3.63) is 47.7 Å². The smallest absolute Gasteiger partial charge is 0.319 e. The van der Waals surface area contributed by atoms with Gasteiger partial charge < -0.3 is 20.1 Å². The number of hydrogen-bond acceptors (Lipinski definition) is 8. The molecule has 1 unspecified atom stereocenters. The van der Waals surface area contributed by atoms with Gasteiger partial charge in [0.15, 0.2) is 5.82 Å². The fraction of sp³-hybridized carbons (Fsp3) is 0.486. The molecule has 4 aromatic rings. The standard InChI is InChI=1S/C35H38F2N6O3/c1-2-23-26(36)7-6-21-14-22(44)15-24(28(21)23)30-29(37)31-25(17-38-30)32(42-11-3-8-34(19-42)16-27(45)39-18-34)41-33(40-31)46-20-35-9-4-12-43(35)13-5-10-35/h6-7,14-15,17,44H,2-5,8-13,16,18-20H2,1H3,(H,39,45). The minimum atomic E-state index is -0.685. The van der Waals surface area contributed by atoms with Crippen molar-refractivity contribution in [2.45, 2.75) is 63.8 Å². The van der Waals surface area contributed by atoms with Gasteiger partial charge in [-0.2, -0.15) is 9.97 Å². The van der Waals surface area contributed by atoms with Gasteiger partial charge >= 0.3 is 6.01 Å². The number of aromatic nitrogens is 3. The van der Waals surface area contributed by atoms with Crippen LogP contribution in [-0.2, 0) is 11.2 Å². The van der Waals surface area contributed by atoms with Crippen LogP contribution in [0.5, 0.6) is 11.8 Å². The minimum Gasteiger partial charge on any atom is -0.508 e. The van der Waals surface area contributed by atoms with Crippen molar-refractivity contribution in [2.75, 3.05) is 44.2 Å². The molecule has 4 fully saturated rings. The maximum atomic E-state index is 16.9. The number of halogens is 2.